The molecule has 0 radical (unpaired) electrons. The first-order valence-electron chi connectivity index (χ1n) is 11.7. The van der Waals surface area contributed by atoms with Crippen molar-refractivity contribution in [2.45, 2.75) is 19.9 Å². The summed E-state index contributed by atoms with van der Waals surface area (Å²) in [7, 11) is 0. The molecule has 0 saturated carbocycles. The van der Waals surface area contributed by atoms with Gasteiger partial charge in [0.05, 0.1) is 11.4 Å². The number of nitrogens with zero attached hydrogens (tertiary/aromatic N) is 3. The van der Waals surface area contributed by atoms with Crippen LogP contribution in [0.2, 0.25) is 0 Å². The largest absolute Gasteiger partial charge is 0.327 e. The molecule has 1 heterocycles. The van der Waals surface area contributed by atoms with E-state index < -0.39 is 0 Å². The number of hydrogen-bond donors (Lipinski definition) is 1. The first kappa shape index (κ1) is 24.6. The smallest absolute Gasteiger partial charge is 0.247 e. The molecule has 7 heteroatoms. The second-order valence-corrected chi connectivity index (χ2v) is 8.52. The van der Waals surface area contributed by atoms with Gasteiger partial charge in [-0.05, 0) is 49.8 Å². The maximum Gasteiger partial charge on any atom is 0.247 e. The van der Waals surface area contributed by atoms with Gasteiger partial charge in [0.1, 0.15) is 18.2 Å². The molecule has 2 amide bonds. The van der Waals surface area contributed by atoms with Crippen molar-refractivity contribution in [2.75, 3.05) is 11.9 Å². The van der Waals surface area contributed by atoms with Crippen molar-refractivity contribution in [3.63, 3.8) is 0 Å². The lowest BCUT2D eigenvalue weighted by Crippen LogP contribution is -2.41. The van der Waals surface area contributed by atoms with Crippen LogP contribution in [-0.4, -0.2) is 39.1 Å². The van der Waals surface area contributed by atoms with Crippen LogP contribution < -0.4 is 5.32 Å². The van der Waals surface area contributed by atoms with Gasteiger partial charge in [0.15, 0.2) is 0 Å². The Morgan fingerprint density at radius 2 is 1.61 bits per heavy atom. The van der Waals surface area contributed by atoms with Crippen molar-refractivity contribution >= 4 is 23.7 Å². The molecule has 0 aliphatic carbocycles. The van der Waals surface area contributed by atoms with Crippen molar-refractivity contribution < 1.29 is 14.0 Å². The van der Waals surface area contributed by atoms with Crippen LogP contribution in [0.25, 0.3) is 23.0 Å². The Morgan fingerprint density at radius 3 is 2.25 bits per heavy atom. The van der Waals surface area contributed by atoms with Gasteiger partial charge in [-0.2, -0.15) is 5.10 Å². The average molecular weight is 483 g/mol. The molecule has 4 aromatic rings. The maximum absolute atomic E-state index is 13.5. The van der Waals surface area contributed by atoms with Crippen molar-refractivity contribution in [1.82, 2.24) is 14.7 Å². The lowest BCUT2D eigenvalue weighted by atomic mass is 10.1. The summed E-state index contributed by atoms with van der Waals surface area (Å²) in [5.41, 5.74) is 3.02. The number of aromatic nitrogens is 2. The molecule has 1 N–H and O–H groups in total. The number of hydrogen-bond acceptors (Lipinski definition) is 3. The normalized spacial score (nSPS) is 11.1. The van der Waals surface area contributed by atoms with Crippen molar-refractivity contribution in [3.8, 4) is 16.9 Å². The van der Waals surface area contributed by atoms with Crippen LogP contribution in [0.3, 0.4) is 0 Å². The molecule has 0 aliphatic rings. The number of anilines is 1. The molecule has 4 rings (SSSR count). The molecule has 0 saturated heterocycles. The molecule has 6 nitrogen and oxygen atoms in total. The molecular weight excluding hydrogens is 455 g/mol. The van der Waals surface area contributed by atoms with E-state index in [0.29, 0.717) is 17.2 Å². The Morgan fingerprint density at radius 1 is 0.972 bits per heavy atom. The summed E-state index contributed by atoms with van der Waals surface area (Å²) in [5.74, 6) is -0.579. The van der Waals surface area contributed by atoms with E-state index in [1.54, 1.807) is 29.0 Å². The van der Waals surface area contributed by atoms with E-state index in [9.17, 15) is 14.0 Å². The second kappa shape index (κ2) is 11.3. The van der Waals surface area contributed by atoms with Gasteiger partial charge in [-0.25, -0.2) is 9.07 Å². The number of nitrogens with one attached hydrogen (secondary N) is 1. The van der Waals surface area contributed by atoms with E-state index in [0.717, 1.165) is 11.1 Å². The van der Waals surface area contributed by atoms with Gasteiger partial charge in [0.25, 0.3) is 0 Å². The van der Waals surface area contributed by atoms with E-state index in [-0.39, 0.29) is 30.2 Å². The first-order chi connectivity index (χ1) is 17.4. The van der Waals surface area contributed by atoms with Gasteiger partial charge in [-0.15, -0.1) is 0 Å². The zero-order valence-electron chi connectivity index (χ0n) is 20.1. The third-order valence-electron chi connectivity index (χ3n) is 5.56. The van der Waals surface area contributed by atoms with Gasteiger partial charge in [0, 0.05) is 23.7 Å². The molecule has 0 fully saturated rings. The summed E-state index contributed by atoms with van der Waals surface area (Å²) < 4.78 is 15.1. The van der Waals surface area contributed by atoms with E-state index in [4.69, 9.17) is 0 Å². The van der Waals surface area contributed by atoms with Crippen LogP contribution in [0.15, 0.2) is 97.1 Å². The zero-order valence-corrected chi connectivity index (χ0v) is 20.1. The minimum atomic E-state index is -0.368. The zero-order chi connectivity index (χ0) is 25.5. The Kier molecular flexibility index (Phi) is 7.70. The van der Waals surface area contributed by atoms with Crippen LogP contribution in [0.5, 0.6) is 0 Å². The van der Waals surface area contributed by atoms with Gasteiger partial charge in [-0.3, -0.25) is 9.59 Å². The van der Waals surface area contributed by atoms with E-state index in [2.05, 4.69) is 10.4 Å². The topological polar surface area (TPSA) is 67.2 Å². The molecule has 3 aromatic carbocycles. The Hall–Kier alpha value is -4.52. The fourth-order valence-corrected chi connectivity index (χ4v) is 3.68. The number of carbonyl (C=O) groups excluding carboxylic acids is 2. The van der Waals surface area contributed by atoms with Crippen LogP contribution in [0, 0.1) is 5.82 Å². The Bertz CT molecular complexity index is 1350. The quantitative estimate of drug-likeness (QED) is 0.334. The average Bonchev–Trinajstić information content (AvgIpc) is 3.31. The number of rotatable bonds is 8. The highest BCUT2D eigenvalue weighted by atomic mass is 19.1. The van der Waals surface area contributed by atoms with E-state index >= 15 is 0 Å². The van der Waals surface area contributed by atoms with Crippen LogP contribution in [0.4, 0.5) is 10.2 Å². The van der Waals surface area contributed by atoms with Gasteiger partial charge < -0.3 is 10.2 Å². The lowest BCUT2D eigenvalue weighted by molar-refractivity contribution is -0.132. The minimum Gasteiger partial charge on any atom is -0.327 e. The number of benzene rings is 3. The van der Waals surface area contributed by atoms with Crippen LogP contribution in [-0.2, 0) is 9.59 Å². The fraction of sp³-hybridized carbons (Fsp3) is 0.138. The van der Waals surface area contributed by atoms with E-state index in [1.165, 1.54) is 23.1 Å². The second-order valence-electron chi connectivity index (χ2n) is 8.52. The summed E-state index contributed by atoms with van der Waals surface area (Å²) in [5, 5.41) is 7.51. The standard InChI is InChI=1S/C29H27FN4O2/c1-21(2)33(29(36)18-13-22-9-5-3-6-10-22)20-28(35)31-27-19-26(23-11-7-4-8-12-23)32-34(27)25-16-14-24(30)15-17-25/h3-19,21H,20H2,1-2H3,(H,31,35)/b18-13+. The molecule has 0 atom stereocenters. The SMILES string of the molecule is CC(C)N(CC(=O)Nc1cc(-c2ccccc2)nn1-c1ccc(F)cc1)C(=O)/C=C/c1ccccc1. The maximum atomic E-state index is 13.5. The van der Waals surface area contributed by atoms with Gasteiger partial charge in [0.2, 0.25) is 11.8 Å². The molecule has 36 heavy (non-hydrogen) atoms. The lowest BCUT2D eigenvalue weighted by Gasteiger charge is -2.25. The minimum absolute atomic E-state index is 0.134. The van der Waals surface area contributed by atoms with Gasteiger partial charge in [-0.1, -0.05) is 60.7 Å². The molecule has 182 valence electrons. The molecular formula is C29H27FN4O2. The van der Waals surface area contributed by atoms with Crippen molar-refractivity contribution in [1.29, 1.82) is 0 Å². The molecule has 0 spiro atoms. The highest BCUT2D eigenvalue weighted by molar-refractivity contribution is 5.98. The summed E-state index contributed by atoms with van der Waals surface area (Å²) in [6.45, 7) is 3.58. The number of amides is 2. The summed E-state index contributed by atoms with van der Waals surface area (Å²) >= 11 is 0. The molecule has 0 bridgehead atoms. The molecule has 0 unspecified atom stereocenters. The Balaban J connectivity index is 1.56. The molecule has 1 aromatic heterocycles. The highest BCUT2D eigenvalue weighted by Gasteiger charge is 2.20. The van der Waals surface area contributed by atoms with Crippen molar-refractivity contribution in [2.24, 2.45) is 0 Å². The molecule has 0 aliphatic heterocycles. The summed E-state index contributed by atoms with van der Waals surface area (Å²) in [6, 6.07) is 26.5. The Labute approximate surface area is 209 Å². The third kappa shape index (κ3) is 6.13. The highest BCUT2D eigenvalue weighted by Crippen LogP contribution is 2.25. The van der Waals surface area contributed by atoms with Gasteiger partial charge >= 0.3 is 0 Å². The van der Waals surface area contributed by atoms with Crippen LogP contribution in [0.1, 0.15) is 19.4 Å². The predicted octanol–water partition coefficient (Wildman–Crippen LogP) is 5.57. The summed E-state index contributed by atoms with van der Waals surface area (Å²) in [4.78, 5) is 27.4. The van der Waals surface area contributed by atoms with E-state index in [1.807, 2.05) is 74.5 Å². The van der Waals surface area contributed by atoms with Crippen molar-refractivity contribution in [3.05, 3.63) is 108 Å². The predicted molar refractivity (Wildman–Crippen MR) is 140 cm³/mol. The monoisotopic (exact) mass is 482 g/mol. The third-order valence-corrected chi connectivity index (χ3v) is 5.56. The van der Waals surface area contributed by atoms with Crippen LogP contribution >= 0.6 is 0 Å². The number of halogens is 1. The fourth-order valence-electron chi connectivity index (χ4n) is 3.68. The summed E-state index contributed by atoms with van der Waals surface area (Å²) in [6.07, 6.45) is 3.20. The first-order valence-corrected chi connectivity index (χ1v) is 11.7. The number of carbonyl (C=O) groups is 2.